The molecule has 8 atom stereocenters. The predicted octanol–water partition coefficient (Wildman–Crippen LogP) is 1.63. The van der Waals surface area contributed by atoms with Gasteiger partial charge in [0.15, 0.2) is 22.8 Å². The van der Waals surface area contributed by atoms with Gasteiger partial charge in [-0.2, -0.15) is 4.31 Å². The van der Waals surface area contributed by atoms with Crippen molar-refractivity contribution in [2.75, 3.05) is 44.9 Å². The lowest BCUT2D eigenvalue weighted by molar-refractivity contribution is -0.137. The van der Waals surface area contributed by atoms with E-state index in [4.69, 9.17) is 24.3 Å². The number of benzene rings is 2. The monoisotopic (exact) mass is 979 g/mol. The normalized spacial score (nSPS) is 20.9. The molecule has 1 aliphatic rings. The number of fused-ring (bicyclic) bond motifs is 2. The number of nitrogen functional groups attached to an aromatic ring is 1. The Morgan fingerprint density at radius 3 is 2.38 bits per heavy atom. The van der Waals surface area contributed by atoms with Gasteiger partial charge in [0.05, 0.1) is 32.6 Å². The summed E-state index contributed by atoms with van der Waals surface area (Å²) in [6.45, 7) is 2.21. The van der Waals surface area contributed by atoms with Crippen LogP contribution in [0.1, 0.15) is 44.9 Å². The van der Waals surface area contributed by atoms with Crippen LogP contribution in [0.15, 0.2) is 49.1 Å². The molecule has 0 spiro atoms. The lowest BCUT2D eigenvalue weighted by Crippen LogP contribution is -2.46. The van der Waals surface area contributed by atoms with Crippen molar-refractivity contribution in [2.45, 2.75) is 63.8 Å². The van der Waals surface area contributed by atoms with Crippen molar-refractivity contribution < 1.29 is 85.2 Å². The molecule has 1 fully saturated rings. The summed E-state index contributed by atoms with van der Waals surface area (Å²) in [4.78, 5) is 89.0. The van der Waals surface area contributed by atoms with Crippen LogP contribution in [0.2, 0.25) is 0 Å². The third-order valence-corrected chi connectivity index (χ3v) is 13.8. The summed E-state index contributed by atoms with van der Waals surface area (Å²) in [6.07, 6.45) is -6.99. The maximum Gasteiger partial charge on any atom is 0.481 e. The predicted molar refractivity (Wildman–Crippen MR) is 226 cm³/mol. The minimum absolute atomic E-state index is 0.0270. The Bertz CT molecular complexity index is 2480. The first-order valence-electron chi connectivity index (χ1n) is 19.0. The molecule has 0 radical (unpaired) electrons. The number of phosphoric acid groups is 3. The van der Waals surface area contributed by atoms with E-state index >= 15 is 0 Å². The highest BCUT2D eigenvalue weighted by Crippen LogP contribution is 2.61. The quantitative estimate of drug-likeness (QED) is 0.0399. The van der Waals surface area contributed by atoms with Crippen LogP contribution < -0.4 is 21.1 Å². The average molecular weight is 980 g/mol. The van der Waals surface area contributed by atoms with Crippen LogP contribution in [0.4, 0.5) is 5.82 Å². The molecular weight excluding hydrogens is 931 g/mol. The fraction of sp³-hybridized carbons (Fsp3) is 0.486. The number of nitrogens with zero attached hydrogens (tertiary/aromatic N) is 4. The summed E-state index contributed by atoms with van der Waals surface area (Å²) in [5.41, 5.74) is 5.09. The van der Waals surface area contributed by atoms with Gasteiger partial charge in [-0.1, -0.05) is 56.8 Å². The van der Waals surface area contributed by atoms with Crippen molar-refractivity contribution >= 4 is 79.9 Å². The summed E-state index contributed by atoms with van der Waals surface area (Å²) in [5, 5.41) is 28.4. The Morgan fingerprint density at radius 1 is 0.984 bits per heavy atom. The average Bonchev–Trinajstić information content (AvgIpc) is 3.79. The van der Waals surface area contributed by atoms with Gasteiger partial charge < -0.3 is 55.6 Å². The molecule has 64 heavy (non-hydrogen) atoms. The number of carbonyl (C=O) groups is 3. The SMILES string of the molecule is COc1ccc2cc([C@H](C)C(=O)SCCNC(=O)CCNC(=O)[C@H](O)C(C)(C)COP(=O)(O)OP(=O)(O)OC[C@H]3O[C@@H](n4cnc5c(N)ncnc54)[C@H](O)[C@@H]3OP(=O)(O)O)ccc2c1. The largest absolute Gasteiger partial charge is 0.497 e. The second-order valence-electron chi connectivity index (χ2n) is 14.9. The third kappa shape index (κ3) is 13.6. The van der Waals surface area contributed by atoms with Crippen molar-refractivity contribution in [3.05, 3.63) is 54.6 Å². The second kappa shape index (κ2) is 21.1. The zero-order valence-corrected chi connectivity index (χ0v) is 38.0. The fourth-order valence-corrected chi connectivity index (χ4v) is 9.80. The Balaban J connectivity index is 1.03. The van der Waals surface area contributed by atoms with E-state index in [9.17, 15) is 57.9 Å². The number of thioether (sulfide) groups is 1. The van der Waals surface area contributed by atoms with E-state index in [1.165, 1.54) is 13.8 Å². The number of ether oxygens (including phenoxy) is 2. The number of rotatable bonds is 22. The van der Waals surface area contributed by atoms with E-state index in [2.05, 4.69) is 34.4 Å². The summed E-state index contributed by atoms with van der Waals surface area (Å²) in [5.74, 6) is -0.867. The highest BCUT2D eigenvalue weighted by atomic mass is 32.2. The van der Waals surface area contributed by atoms with Gasteiger partial charge in [0.1, 0.15) is 42.0 Å². The number of anilines is 1. The molecule has 2 unspecified atom stereocenters. The van der Waals surface area contributed by atoms with Crippen LogP contribution in [0.3, 0.4) is 0 Å². The van der Waals surface area contributed by atoms with Crippen molar-refractivity contribution in [2.24, 2.45) is 5.41 Å². The van der Waals surface area contributed by atoms with E-state index in [0.29, 0.717) is 5.75 Å². The van der Waals surface area contributed by atoms with Gasteiger partial charge in [0, 0.05) is 30.7 Å². The molecule has 2 aromatic carbocycles. The highest BCUT2D eigenvalue weighted by molar-refractivity contribution is 8.13. The standard InChI is InChI=1S/C35H48N7O18P3S/c1-19(20-5-6-22-14-23(55-4)8-7-21(22)13-20)34(47)64-12-11-37-25(43)9-10-38-32(46)29(45)35(2,3)16-57-63(53,54)60-62(51,52)56-15-24-28(59-61(48,49)50)27(44)33(58-24)42-18-41-26-30(36)39-17-40-31(26)42/h5-8,13-14,17-19,24,27-29,33,44-45H,9-12,15-16H2,1-4H3,(H,37,43)(H,38,46)(H,51,52)(H,53,54)(H2,36,39,40)(H2,48,49,50)/t19-,24+,27+,28+,29-,33+/m0/s1. The van der Waals surface area contributed by atoms with Crippen LogP contribution >= 0.6 is 35.2 Å². The number of aliphatic hydroxyl groups is 2. The summed E-state index contributed by atoms with van der Waals surface area (Å²) >= 11 is 1.06. The molecule has 29 heteroatoms. The Hall–Kier alpha value is -3.94. The molecule has 1 aliphatic heterocycles. The van der Waals surface area contributed by atoms with Gasteiger partial charge in [0.25, 0.3) is 0 Å². The molecule has 4 aromatic rings. The van der Waals surface area contributed by atoms with Gasteiger partial charge in [-0.25, -0.2) is 28.6 Å². The Kier molecular flexibility index (Phi) is 16.9. The summed E-state index contributed by atoms with van der Waals surface area (Å²) < 4.78 is 67.6. The van der Waals surface area contributed by atoms with E-state index in [1.54, 1.807) is 14.0 Å². The number of phosphoric ester groups is 3. The maximum atomic E-state index is 12.8. The molecule has 10 N–H and O–H groups in total. The lowest BCUT2D eigenvalue weighted by atomic mass is 9.87. The first-order valence-corrected chi connectivity index (χ1v) is 24.5. The van der Waals surface area contributed by atoms with E-state index in [0.717, 1.165) is 51.1 Å². The number of amides is 2. The fourth-order valence-electron chi connectivity index (χ4n) is 6.18. The molecule has 2 amide bonds. The molecule has 352 valence electrons. The van der Waals surface area contributed by atoms with Crippen LogP contribution in [0.25, 0.3) is 21.9 Å². The first-order chi connectivity index (χ1) is 29.9. The van der Waals surface area contributed by atoms with Crippen molar-refractivity contribution in [1.29, 1.82) is 0 Å². The minimum Gasteiger partial charge on any atom is -0.497 e. The number of carbonyl (C=O) groups excluding carboxylic acids is 3. The molecule has 0 bridgehead atoms. The minimum atomic E-state index is -5.59. The summed E-state index contributed by atoms with van der Waals surface area (Å²) in [6, 6.07) is 11.4. The van der Waals surface area contributed by atoms with Crippen molar-refractivity contribution in [3.8, 4) is 5.75 Å². The Morgan fingerprint density at radius 2 is 1.67 bits per heavy atom. The second-order valence-corrected chi connectivity index (χ2v) is 20.3. The number of aliphatic hydroxyl groups excluding tert-OH is 2. The number of imidazole rings is 1. The zero-order valence-electron chi connectivity index (χ0n) is 34.5. The van der Waals surface area contributed by atoms with Gasteiger partial charge in [-0.3, -0.25) is 32.5 Å². The zero-order chi connectivity index (χ0) is 47.2. The number of hydrogen-bond donors (Lipinski definition) is 9. The Labute approximate surface area is 368 Å². The molecule has 1 saturated heterocycles. The van der Waals surface area contributed by atoms with Crippen LogP contribution in [0.5, 0.6) is 5.75 Å². The number of nitrogens with one attached hydrogen (secondary N) is 2. The third-order valence-electron chi connectivity index (χ3n) is 9.67. The molecule has 3 heterocycles. The lowest BCUT2D eigenvalue weighted by Gasteiger charge is -2.30. The van der Waals surface area contributed by atoms with Gasteiger partial charge in [-0.05, 0) is 28.5 Å². The maximum absolute atomic E-state index is 12.8. The highest BCUT2D eigenvalue weighted by Gasteiger charge is 2.50. The first kappa shape index (κ1) is 51.1. The molecule has 0 saturated carbocycles. The molecule has 25 nitrogen and oxygen atoms in total. The van der Waals surface area contributed by atoms with E-state index in [1.807, 2.05) is 36.4 Å². The smallest absolute Gasteiger partial charge is 0.481 e. The molecular formula is C35H48N7O18P3S. The molecule has 0 aliphatic carbocycles. The molecule has 5 rings (SSSR count). The number of aromatic nitrogens is 4. The van der Waals surface area contributed by atoms with Crippen molar-refractivity contribution in [1.82, 2.24) is 30.2 Å². The number of nitrogens with two attached hydrogens (primary N) is 1. The molecule has 2 aromatic heterocycles. The summed E-state index contributed by atoms with van der Waals surface area (Å²) in [7, 11) is -14.9. The van der Waals surface area contributed by atoms with Crippen LogP contribution in [-0.2, 0) is 50.7 Å². The topological polar surface area (TPSA) is 373 Å². The van der Waals surface area contributed by atoms with Crippen molar-refractivity contribution in [3.63, 3.8) is 0 Å². The van der Waals surface area contributed by atoms with Crippen LogP contribution in [-0.4, -0.2) is 130 Å². The van der Waals surface area contributed by atoms with E-state index in [-0.39, 0.29) is 41.6 Å². The van der Waals surface area contributed by atoms with E-state index < -0.39 is 90.5 Å². The van der Waals surface area contributed by atoms with Crippen LogP contribution in [0, 0.1) is 5.41 Å². The van der Waals surface area contributed by atoms with Gasteiger partial charge >= 0.3 is 23.5 Å². The van der Waals surface area contributed by atoms with Gasteiger partial charge in [0.2, 0.25) is 11.8 Å². The number of hydrogen-bond acceptors (Lipinski definition) is 19. The van der Waals surface area contributed by atoms with Gasteiger partial charge in [-0.15, -0.1) is 0 Å². The number of methoxy groups -OCH3 is 1.